The molecule has 2 rings (SSSR count). The Kier molecular flexibility index (Phi) is 4.39. The lowest BCUT2D eigenvalue weighted by Crippen LogP contribution is -2.40. The maximum Gasteiger partial charge on any atom is 0.254 e. The van der Waals surface area contributed by atoms with Crippen molar-refractivity contribution >= 4 is 28.5 Å². The number of nitrogens with zero attached hydrogens (tertiary/aromatic N) is 1. The zero-order valence-electron chi connectivity index (χ0n) is 9.86. The van der Waals surface area contributed by atoms with Crippen LogP contribution in [0.5, 0.6) is 0 Å². The minimum Gasteiger partial charge on any atom is -0.381 e. The average Bonchev–Trinajstić information content (AvgIpc) is 2.39. The molecule has 0 bridgehead atoms. The smallest absolute Gasteiger partial charge is 0.254 e. The van der Waals surface area contributed by atoms with Gasteiger partial charge in [-0.2, -0.15) is 0 Å². The molecule has 1 aromatic carbocycles. The maximum absolute atomic E-state index is 12.3. The Morgan fingerprint density at radius 3 is 2.59 bits per heavy atom. The minimum absolute atomic E-state index is 0.143. The van der Waals surface area contributed by atoms with Crippen molar-refractivity contribution in [3.8, 4) is 0 Å². The zero-order chi connectivity index (χ0) is 12.3. The number of amides is 1. The number of hydrogen-bond donors (Lipinski definition) is 0. The summed E-state index contributed by atoms with van der Waals surface area (Å²) in [7, 11) is 1.74. The standard InChI is InChI=1S/C13H16INO2/c1-17-10-6-8-15(9-7-10)13(16)11-4-2-3-5-12(11)14/h2-5,10H,6-9H2,1H3. The van der Waals surface area contributed by atoms with Crippen LogP contribution < -0.4 is 0 Å². The minimum atomic E-state index is 0.143. The fourth-order valence-corrected chi connectivity index (χ4v) is 2.72. The maximum atomic E-state index is 12.3. The van der Waals surface area contributed by atoms with Crippen LogP contribution in [0.4, 0.5) is 0 Å². The van der Waals surface area contributed by atoms with E-state index in [1.165, 1.54) is 0 Å². The van der Waals surface area contributed by atoms with Gasteiger partial charge in [-0.15, -0.1) is 0 Å². The fourth-order valence-electron chi connectivity index (χ4n) is 2.10. The van der Waals surface area contributed by atoms with Crippen molar-refractivity contribution in [1.82, 2.24) is 4.90 Å². The van der Waals surface area contributed by atoms with Gasteiger partial charge in [-0.25, -0.2) is 0 Å². The number of methoxy groups -OCH3 is 1. The van der Waals surface area contributed by atoms with E-state index in [4.69, 9.17) is 4.74 Å². The Hall–Kier alpha value is -0.620. The molecule has 1 aromatic rings. The first-order chi connectivity index (χ1) is 8.22. The van der Waals surface area contributed by atoms with Crippen molar-refractivity contribution in [2.75, 3.05) is 20.2 Å². The van der Waals surface area contributed by atoms with Gasteiger partial charge in [0.15, 0.2) is 0 Å². The van der Waals surface area contributed by atoms with Crippen molar-refractivity contribution in [3.05, 3.63) is 33.4 Å². The van der Waals surface area contributed by atoms with Gasteiger partial charge >= 0.3 is 0 Å². The Balaban J connectivity index is 2.04. The predicted molar refractivity (Wildman–Crippen MR) is 75.1 cm³/mol. The van der Waals surface area contributed by atoms with Gasteiger partial charge in [-0.3, -0.25) is 4.79 Å². The lowest BCUT2D eigenvalue weighted by atomic mass is 10.1. The van der Waals surface area contributed by atoms with Crippen LogP contribution in [0.1, 0.15) is 23.2 Å². The number of halogens is 1. The van der Waals surface area contributed by atoms with Gasteiger partial charge in [0.2, 0.25) is 0 Å². The summed E-state index contributed by atoms with van der Waals surface area (Å²) in [5.41, 5.74) is 0.809. The SMILES string of the molecule is COC1CCN(C(=O)c2ccccc2I)CC1. The van der Waals surface area contributed by atoms with E-state index in [-0.39, 0.29) is 5.91 Å². The molecule has 1 amide bonds. The van der Waals surface area contributed by atoms with E-state index in [2.05, 4.69) is 22.6 Å². The first kappa shape index (κ1) is 12.8. The molecule has 0 N–H and O–H groups in total. The second kappa shape index (κ2) is 5.82. The van der Waals surface area contributed by atoms with Crippen molar-refractivity contribution in [2.24, 2.45) is 0 Å². The van der Waals surface area contributed by atoms with Crippen LogP contribution in [0, 0.1) is 3.57 Å². The zero-order valence-corrected chi connectivity index (χ0v) is 12.0. The number of carbonyl (C=O) groups excluding carboxylic acids is 1. The largest absolute Gasteiger partial charge is 0.381 e. The van der Waals surface area contributed by atoms with E-state index in [0.29, 0.717) is 6.10 Å². The summed E-state index contributed by atoms with van der Waals surface area (Å²) in [5.74, 6) is 0.143. The van der Waals surface area contributed by atoms with E-state index in [1.54, 1.807) is 7.11 Å². The molecule has 0 saturated carbocycles. The molecule has 0 unspecified atom stereocenters. The van der Waals surface area contributed by atoms with E-state index >= 15 is 0 Å². The first-order valence-electron chi connectivity index (χ1n) is 5.79. The van der Waals surface area contributed by atoms with Crippen molar-refractivity contribution in [3.63, 3.8) is 0 Å². The predicted octanol–water partition coefficient (Wildman–Crippen LogP) is 2.54. The molecule has 0 atom stereocenters. The number of rotatable bonds is 2. The monoisotopic (exact) mass is 345 g/mol. The van der Waals surface area contributed by atoms with E-state index in [9.17, 15) is 4.79 Å². The van der Waals surface area contributed by atoms with E-state index in [1.807, 2.05) is 29.2 Å². The second-order valence-electron chi connectivity index (χ2n) is 4.21. The van der Waals surface area contributed by atoms with Crippen LogP contribution in [0.15, 0.2) is 24.3 Å². The Bertz CT molecular complexity index is 400. The van der Waals surface area contributed by atoms with Crippen LogP contribution in [0.2, 0.25) is 0 Å². The van der Waals surface area contributed by atoms with E-state index in [0.717, 1.165) is 35.1 Å². The number of likely N-dealkylation sites (tertiary alicyclic amines) is 1. The molecule has 0 aliphatic carbocycles. The van der Waals surface area contributed by atoms with Gasteiger partial charge in [0.1, 0.15) is 0 Å². The highest BCUT2D eigenvalue weighted by atomic mass is 127. The highest BCUT2D eigenvalue weighted by molar-refractivity contribution is 14.1. The third-order valence-corrected chi connectivity index (χ3v) is 4.11. The first-order valence-corrected chi connectivity index (χ1v) is 6.87. The lowest BCUT2D eigenvalue weighted by molar-refractivity contribution is 0.0350. The molecular formula is C13H16INO2. The second-order valence-corrected chi connectivity index (χ2v) is 5.37. The van der Waals surface area contributed by atoms with Gasteiger partial charge < -0.3 is 9.64 Å². The lowest BCUT2D eigenvalue weighted by Gasteiger charge is -2.31. The third kappa shape index (κ3) is 2.98. The number of hydrogen-bond acceptors (Lipinski definition) is 2. The van der Waals surface area contributed by atoms with Crippen molar-refractivity contribution < 1.29 is 9.53 Å². The average molecular weight is 345 g/mol. The summed E-state index contributed by atoms with van der Waals surface area (Å²) in [6, 6.07) is 7.73. The molecule has 1 aliphatic rings. The molecule has 1 fully saturated rings. The summed E-state index contributed by atoms with van der Waals surface area (Å²) in [5, 5.41) is 0. The number of carbonyl (C=O) groups is 1. The summed E-state index contributed by atoms with van der Waals surface area (Å²) < 4.78 is 6.33. The molecule has 1 heterocycles. The van der Waals surface area contributed by atoms with E-state index < -0.39 is 0 Å². The normalized spacial score (nSPS) is 17.2. The topological polar surface area (TPSA) is 29.5 Å². The molecule has 92 valence electrons. The van der Waals surface area contributed by atoms with Crippen LogP contribution in [0.3, 0.4) is 0 Å². The molecule has 1 aliphatic heterocycles. The Morgan fingerprint density at radius 1 is 1.35 bits per heavy atom. The summed E-state index contributed by atoms with van der Waals surface area (Å²) >= 11 is 2.21. The summed E-state index contributed by atoms with van der Waals surface area (Å²) in [4.78, 5) is 14.2. The number of ether oxygens (including phenoxy) is 1. The van der Waals surface area contributed by atoms with Gasteiger partial charge in [0.25, 0.3) is 5.91 Å². The molecule has 1 saturated heterocycles. The van der Waals surface area contributed by atoms with Crippen LogP contribution >= 0.6 is 22.6 Å². The molecular weight excluding hydrogens is 329 g/mol. The van der Waals surface area contributed by atoms with Crippen LogP contribution in [-0.2, 0) is 4.74 Å². The third-order valence-electron chi connectivity index (χ3n) is 3.17. The number of piperidine rings is 1. The van der Waals surface area contributed by atoms with Crippen molar-refractivity contribution in [1.29, 1.82) is 0 Å². The molecule has 0 aromatic heterocycles. The van der Waals surface area contributed by atoms with Crippen LogP contribution in [0.25, 0.3) is 0 Å². The van der Waals surface area contributed by atoms with Gasteiger partial charge in [0.05, 0.1) is 11.7 Å². The highest BCUT2D eigenvalue weighted by Crippen LogP contribution is 2.18. The molecule has 0 spiro atoms. The highest BCUT2D eigenvalue weighted by Gasteiger charge is 2.24. The Morgan fingerprint density at radius 2 is 2.00 bits per heavy atom. The summed E-state index contributed by atoms with van der Waals surface area (Å²) in [6.07, 6.45) is 2.19. The van der Waals surface area contributed by atoms with Gasteiger partial charge in [-0.05, 0) is 47.6 Å². The molecule has 4 heteroatoms. The van der Waals surface area contributed by atoms with Crippen molar-refractivity contribution in [2.45, 2.75) is 18.9 Å². The quantitative estimate of drug-likeness (QED) is 0.771. The molecule has 0 radical (unpaired) electrons. The number of benzene rings is 1. The Labute approximate surface area is 115 Å². The molecule has 17 heavy (non-hydrogen) atoms. The fraction of sp³-hybridized carbons (Fsp3) is 0.462. The van der Waals surface area contributed by atoms with Gasteiger partial charge in [-0.1, -0.05) is 12.1 Å². The summed E-state index contributed by atoms with van der Waals surface area (Å²) in [6.45, 7) is 1.59. The van der Waals surface area contributed by atoms with Crippen LogP contribution in [-0.4, -0.2) is 37.1 Å². The molecule has 3 nitrogen and oxygen atoms in total. The van der Waals surface area contributed by atoms with Gasteiger partial charge in [0, 0.05) is 23.8 Å².